The molecule has 0 aromatic carbocycles. The van der Waals surface area contributed by atoms with E-state index in [-0.39, 0.29) is 40.6 Å². The number of carbonyl (C=O) groups excluding carboxylic acids is 1. The lowest BCUT2D eigenvalue weighted by atomic mass is 9.80. The first-order valence-electron chi connectivity index (χ1n) is 13.9. The summed E-state index contributed by atoms with van der Waals surface area (Å²) in [5, 5.41) is -0.158. The maximum atomic E-state index is 13.4. The van der Waals surface area contributed by atoms with E-state index in [1.165, 1.54) is 0 Å². The molecule has 0 aliphatic heterocycles. The van der Waals surface area contributed by atoms with Crippen molar-refractivity contribution in [3.63, 3.8) is 0 Å². The molecule has 6 atom stereocenters. The van der Waals surface area contributed by atoms with Crippen LogP contribution in [0.2, 0.25) is 0 Å². The highest BCUT2D eigenvalue weighted by molar-refractivity contribution is 8.29. The van der Waals surface area contributed by atoms with Crippen LogP contribution in [-0.2, 0) is 9.53 Å². The molecule has 1 amide bonds. The van der Waals surface area contributed by atoms with Crippen LogP contribution in [0, 0.1) is 17.3 Å². The van der Waals surface area contributed by atoms with Gasteiger partial charge in [0.25, 0.3) is 0 Å². The molecule has 2 N–H and O–H groups in total. The average Bonchev–Trinajstić information content (AvgIpc) is 3.53. The van der Waals surface area contributed by atoms with Crippen molar-refractivity contribution in [3.8, 4) is 0 Å². The topological polar surface area (TPSA) is 73.2 Å². The molecule has 2 saturated carbocycles. The van der Waals surface area contributed by atoms with Gasteiger partial charge in [0.05, 0.1) is 16.7 Å². The van der Waals surface area contributed by atoms with E-state index in [9.17, 15) is 13.9 Å². The molecule has 0 saturated heterocycles. The van der Waals surface area contributed by atoms with Gasteiger partial charge in [0, 0.05) is 48.0 Å². The SMILES string of the molecule is COCCN(C)CC1CC1(C1CCC(N(C(=O)C(C)(C)C)C(C)C)C(Cl)C1)S(O)(O)C1=CCC(Cl)CC1. The number of nitrogens with zero attached hydrogens (tertiary/aromatic N) is 2. The molecule has 0 radical (unpaired) electrons. The second-order valence-corrected chi connectivity index (χ2v) is 16.4. The Hall–Kier alpha value is -0.0200. The van der Waals surface area contributed by atoms with E-state index in [0.717, 1.165) is 43.7 Å². The largest absolute Gasteiger partial charge is 0.383 e. The molecule has 9 heteroatoms. The van der Waals surface area contributed by atoms with Crippen LogP contribution >= 0.6 is 33.8 Å². The van der Waals surface area contributed by atoms with Crippen LogP contribution in [0.25, 0.3) is 0 Å². The van der Waals surface area contributed by atoms with Gasteiger partial charge in [0.2, 0.25) is 5.91 Å². The Labute approximate surface area is 236 Å². The van der Waals surface area contributed by atoms with Crippen LogP contribution in [0.5, 0.6) is 0 Å². The van der Waals surface area contributed by atoms with Gasteiger partial charge in [-0.05, 0) is 77.7 Å². The molecule has 0 aromatic rings. The van der Waals surface area contributed by atoms with E-state index in [0.29, 0.717) is 25.9 Å². The highest BCUT2D eigenvalue weighted by Gasteiger charge is 2.68. The van der Waals surface area contributed by atoms with Gasteiger partial charge in [-0.15, -0.1) is 23.2 Å². The van der Waals surface area contributed by atoms with Crippen LogP contribution in [0.4, 0.5) is 0 Å². The third-order valence-corrected chi connectivity index (χ3v) is 12.6. The summed E-state index contributed by atoms with van der Waals surface area (Å²) in [6.45, 7) is 12.3. The molecule has 0 bridgehead atoms. The molecule has 3 rings (SSSR count). The van der Waals surface area contributed by atoms with Crippen LogP contribution in [0.1, 0.15) is 79.6 Å². The van der Waals surface area contributed by atoms with Gasteiger partial charge in [-0.3, -0.25) is 13.9 Å². The fourth-order valence-electron chi connectivity index (χ4n) is 6.63. The number of amides is 1. The standard InChI is InChI=1S/C28H50Cl2N2O4S/c1-19(2)32(26(33)27(3,4)5)25-13-8-20(16-24(25)30)28(17-21(28)18-31(6)14-15-36-7)37(34,35)23-11-9-22(29)10-12-23/h11,19-22,24-25,34-35H,8-10,12-18H2,1-7H3. The Morgan fingerprint density at radius 2 is 1.92 bits per heavy atom. The Morgan fingerprint density at radius 1 is 1.24 bits per heavy atom. The van der Waals surface area contributed by atoms with Crippen molar-refractivity contribution in [2.24, 2.45) is 17.3 Å². The summed E-state index contributed by atoms with van der Waals surface area (Å²) in [6.07, 6.45) is 7.21. The Balaban J connectivity index is 1.85. The van der Waals surface area contributed by atoms with E-state index < -0.39 is 20.8 Å². The van der Waals surface area contributed by atoms with Crippen LogP contribution in [0.3, 0.4) is 0 Å². The molecule has 6 unspecified atom stereocenters. The summed E-state index contributed by atoms with van der Waals surface area (Å²) < 4.78 is 28.6. The van der Waals surface area contributed by atoms with Crippen molar-refractivity contribution in [1.82, 2.24) is 9.80 Å². The number of allylic oxidation sites excluding steroid dienone is 2. The van der Waals surface area contributed by atoms with E-state index in [1.54, 1.807) is 7.11 Å². The fraction of sp³-hybridized carbons (Fsp3) is 0.893. The number of methoxy groups -OCH3 is 1. The van der Waals surface area contributed by atoms with E-state index in [1.807, 2.05) is 31.7 Å². The molecule has 6 nitrogen and oxygen atoms in total. The van der Waals surface area contributed by atoms with Crippen LogP contribution in [-0.4, -0.2) is 86.3 Å². The lowest BCUT2D eigenvalue weighted by Gasteiger charge is -2.52. The number of rotatable bonds is 10. The summed E-state index contributed by atoms with van der Waals surface area (Å²) in [5.41, 5.74) is -0.476. The van der Waals surface area contributed by atoms with Crippen molar-refractivity contribution in [1.29, 1.82) is 0 Å². The first kappa shape index (κ1) is 31.5. The van der Waals surface area contributed by atoms with Gasteiger partial charge in [0.1, 0.15) is 0 Å². The zero-order chi connectivity index (χ0) is 27.8. The quantitative estimate of drug-likeness (QED) is 0.278. The molecular formula is C28H50Cl2N2O4S. The van der Waals surface area contributed by atoms with E-state index >= 15 is 0 Å². The number of halogens is 2. The summed E-state index contributed by atoms with van der Waals surface area (Å²) >= 11 is 13.5. The van der Waals surface area contributed by atoms with Gasteiger partial charge in [-0.2, -0.15) is 10.6 Å². The van der Waals surface area contributed by atoms with Gasteiger partial charge >= 0.3 is 0 Å². The molecule has 37 heavy (non-hydrogen) atoms. The maximum absolute atomic E-state index is 13.4. The molecule has 0 spiro atoms. The van der Waals surface area contributed by atoms with Crippen molar-refractivity contribution in [2.45, 2.75) is 107 Å². The predicted molar refractivity (Wildman–Crippen MR) is 157 cm³/mol. The zero-order valence-corrected chi connectivity index (χ0v) is 26.2. The highest BCUT2D eigenvalue weighted by Crippen LogP contribution is 2.78. The number of ether oxygens (including phenoxy) is 1. The Morgan fingerprint density at radius 3 is 2.43 bits per heavy atom. The number of hydrogen-bond donors (Lipinski definition) is 2. The lowest BCUT2D eigenvalue weighted by molar-refractivity contribution is -0.145. The fourth-order valence-corrected chi connectivity index (χ4v) is 10.2. The monoisotopic (exact) mass is 580 g/mol. The summed E-state index contributed by atoms with van der Waals surface area (Å²) in [6, 6.07) is 0.0128. The number of carbonyl (C=O) groups is 1. The van der Waals surface area contributed by atoms with Crippen LogP contribution < -0.4 is 0 Å². The normalized spacial score (nSPS) is 33.4. The lowest BCUT2D eigenvalue weighted by Crippen LogP contribution is -2.55. The van der Waals surface area contributed by atoms with Crippen molar-refractivity contribution in [2.75, 3.05) is 33.9 Å². The number of likely N-dealkylation sites (N-methyl/N-ethyl adjacent to an activating group) is 1. The molecule has 3 aliphatic carbocycles. The van der Waals surface area contributed by atoms with Gasteiger partial charge < -0.3 is 14.5 Å². The van der Waals surface area contributed by atoms with E-state index in [2.05, 4.69) is 25.8 Å². The molecule has 0 aromatic heterocycles. The van der Waals surface area contributed by atoms with Gasteiger partial charge in [0.15, 0.2) is 0 Å². The van der Waals surface area contributed by atoms with Crippen molar-refractivity contribution >= 4 is 39.7 Å². The van der Waals surface area contributed by atoms with E-state index in [4.69, 9.17) is 27.9 Å². The van der Waals surface area contributed by atoms with Gasteiger partial charge in [-0.25, -0.2) is 0 Å². The number of alkyl halides is 2. The third kappa shape index (κ3) is 6.66. The first-order valence-corrected chi connectivity index (χ1v) is 16.3. The first-order chi connectivity index (χ1) is 17.2. The van der Waals surface area contributed by atoms with Crippen LogP contribution in [0.15, 0.2) is 11.0 Å². The van der Waals surface area contributed by atoms with Crippen molar-refractivity contribution in [3.05, 3.63) is 11.0 Å². The van der Waals surface area contributed by atoms with Gasteiger partial charge in [-0.1, -0.05) is 26.8 Å². The molecule has 2 fully saturated rings. The average molecular weight is 582 g/mol. The molecule has 0 heterocycles. The second-order valence-electron chi connectivity index (χ2n) is 12.9. The Kier molecular flexibility index (Phi) is 10.4. The minimum Gasteiger partial charge on any atom is -0.383 e. The second kappa shape index (κ2) is 12.2. The highest BCUT2D eigenvalue weighted by atomic mass is 35.5. The summed E-state index contributed by atoms with van der Waals surface area (Å²) in [4.78, 5) is 18.4. The minimum atomic E-state index is -3.00. The molecular weight excluding hydrogens is 531 g/mol. The minimum absolute atomic E-state index is 0.0454. The number of hydrogen-bond acceptors (Lipinski definition) is 5. The molecule has 3 aliphatic rings. The molecule has 216 valence electrons. The summed E-state index contributed by atoms with van der Waals surface area (Å²) in [5.74, 6) is 0.421. The smallest absolute Gasteiger partial charge is 0.228 e. The third-order valence-electron chi connectivity index (χ3n) is 8.73. The Bertz CT molecular complexity index is 833. The summed E-state index contributed by atoms with van der Waals surface area (Å²) in [7, 11) is 0.778. The zero-order valence-electron chi connectivity index (χ0n) is 23.9. The maximum Gasteiger partial charge on any atom is 0.228 e. The predicted octanol–water partition coefficient (Wildman–Crippen LogP) is 6.81. The van der Waals surface area contributed by atoms with Crippen molar-refractivity contribution < 1.29 is 18.6 Å².